The number of H-pyrrole nitrogens is 1. The van der Waals surface area contributed by atoms with Crippen molar-refractivity contribution in [2.24, 2.45) is 0 Å². The summed E-state index contributed by atoms with van der Waals surface area (Å²) in [6, 6.07) is 4.20. The first-order chi connectivity index (χ1) is 21.8. The normalized spacial score (nSPS) is 17.0. The van der Waals surface area contributed by atoms with E-state index in [1.807, 2.05) is 32.6 Å². The lowest BCUT2D eigenvalue weighted by molar-refractivity contribution is -0.130. The predicted octanol–water partition coefficient (Wildman–Crippen LogP) is 6.77. The standard InChI is InChI=1S/C32H26Cl2F3N7O2/c1-6-20(45)43-14(4)11-42(12-15(43)5)29-16-9-18(33)27-21-23(35)22(34)24(36)25(37)28(21)40-19-7-8-39-26(13(2)3)30(19)44(31(16)41-27)32(46)17(29)10-38/h6-9,13-15,39H,1,11-12H2,2-5H3/t14-,15+. The molecule has 1 aliphatic rings. The highest BCUT2D eigenvalue weighted by Crippen LogP contribution is 2.39. The van der Waals surface area contributed by atoms with Crippen LogP contribution in [0.1, 0.15) is 44.9 Å². The number of aromatic amines is 1. The Morgan fingerprint density at radius 3 is 2.41 bits per heavy atom. The summed E-state index contributed by atoms with van der Waals surface area (Å²) in [7, 11) is 0. The first kappa shape index (κ1) is 31.4. The minimum absolute atomic E-state index is 0.0251. The topological polar surface area (TPSA) is 110 Å². The molecule has 0 aliphatic carbocycles. The van der Waals surface area contributed by atoms with Crippen molar-refractivity contribution in [2.75, 3.05) is 18.0 Å². The number of nitrogens with one attached hydrogen (secondary N) is 1. The number of fused-ring (bicyclic) bond motifs is 5. The number of anilines is 1. The lowest BCUT2D eigenvalue weighted by Crippen LogP contribution is -2.58. The minimum atomic E-state index is -1.65. The van der Waals surface area contributed by atoms with E-state index < -0.39 is 38.9 Å². The van der Waals surface area contributed by atoms with E-state index in [1.54, 1.807) is 4.90 Å². The summed E-state index contributed by atoms with van der Waals surface area (Å²) < 4.78 is 47.4. The number of carbonyl (C=O) groups excluding carboxylic acids is 1. The van der Waals surface area contributed by atoms with Crippen LogP contribution in [-0.4, -0.2) is 55.3 Å². The van der Waals surface area contributed by atoms with Crippen LogP contribution in [0.25, 0.3) is 38.5 Å². The quantitative estimate of drug-likeness (QED) is 0.129. The van der Waals surface area contributed by atoms with Crippen molar-refractivity contribution >= 4 is 73.3 Å². The van der Waals surface area contributed by atoms with Gasteiger partial charge in [0.2, 0.25) is 5.91 Å². The molecule has 1 aromatic carbocycles. The van der Waals surface area contributed by atoms with E-state index in [4.69, 9.17) is 23.2 Å². The van der Waals surface area contributed by atoms with Gasteiger partial charge < -0.3 is 14.8 Å². The van der Waals surface area contributed by atoms with E-state index in [2.05, 4.69) is 27.6 Å². The smallest absolute Gasteiger partial charge is 0.276 e. The number of halogens is 5. The second-order valence-corrected chi connectivity index (χ2v) is 12.4. The van der Waals surface area contributed by atoms with Crippen LogP contribution in [0.4, 0.5) is 18.9 Å². The van der Waals surface area contributed by atoms with Crippen LogP contribution in [0.5, 0.6) is 0 Å². The van der Waals surface area contributed by atoms with Crippen molar-refractivity contribution < 1.29 is 18.0 Å². The summed E-state index contributed by atoms with van der Waals surface area (Å²) in [4.78, 5) is 42.7. The van der Waals surface area contributed by atoms with E-state index in [9.17, 15) is 19.2 Å². The molecule has 1 amide bonds. The Hall–Kier alpha value is -4.60. The summed E-state index contributed by atoms with van der Waals surface area (Å²) in [5, 5.41) is 8.85. The molecule has 5 aromatic rings. The number of aromatic nitrogens is 4. The molecular weight excluding hydrogens is 642 g/mol. The molecule has 46 heavy (non-hydrogen) atoms. The summed E-state index contributed by atoms with van der Waals surface area (Å²) >= 11 is 12.6. The maximum absolute atomic E-state index is 15.8. The average Bonchev–Trinajstić information content (AvgIpc) is 3.07. The van der Waals surface area contributed by atoms with Crippen LogP contribution < -0.4 is 10.5 Å². The highest BCUT2D eigenvalue weighted by atomic mass is 35.5. The van der Waals surface area contributed by atoms with Crippen molar-refractivity contribution in [2.45, 2.75) is 45.7 Å². The second-order valence-electron chi connectivity index (χ2n) is 11.6. The molecule has 0 radical (unpaired) electrons. The number of piperazine rings is 1. The Morgan fingerprint density at radius 2 is 1.80 bits per heavy atom. The summed E-state index contributed by atoms with van der Waals surface area (Å²) in [6.07, 6.45) is 2.73. The van der Waals surface area contributed by atoms with Gasteiger partial charge >= 0.3 is 0 Å². The van der Waals surface area contributed by atoms with Gasteiger partial charge in [0.05, 0.1) is 32.6 Å². The molecule has 6 rings (SSSR count). The maximum atomic E-state index is 15.8. The first-order valence-electron chi connectivity index (χ1n) is 14.3. The molecule has 2 bridgehead atoms. The third kappa shape index (κ3) is 4.52. The van der Waals surface area contributed by atoms with Crippen LogP contribution >= 0.6 is 23.2 Å². The number of amides is 1. The number of hydrogen-bond donors (Lipinski definition) is 1. The van der Waals surface area contributed by atoms with Gasteiger partial charge in [-0.2, -0.15) is 5.26 Å². The fraction of sp³-hybridized carbons (Fsp3) is 0.281. The van der Waals surface area contributed by atoms with Crippen molar-refractivity contribution in [3.63, 3.8) is 0 Å². The lowest BCUT2D eigenvalue weighted by Gasteiger charge is -2.45. The van der Waals surface area contributed by atoms with Gasteiger partial charge in [0.1, 0.15) is 22.2 Å². The van der Waals surface area contributed by atoms with Crippen LogP contribution in [0.15, 0.2) is 35.8 Å². The summed E-state index contributed by atoms with van der Waals surface area (Å²) in [6.45, 7) is 11.4. The third-order valence-corrected chi connectivity index (χ3v) is 8.96. The van der Waals surface area contributed by atoms with Gasteiger partial charge in [0, 0.05) is 42.5 Å². The maximum Gasteiger partial charge on any atom is 0.276 e. The molecule has 0 unspecified atom stereocenters. The summed E-state index contributed by atoms with van der Waals surface area (Å²) in [5.41, 5.74) is -1.36. The van der Waals surface area contributed by atoms with Gasteiger partial charge in [0.15, 0.2) is 23.1 Å². The SMILES string of the molecule is C=CC(=O)N1[C@H](C)CN(c2c(C#N)c(=O)n3c4nc(c(Cl)cc24)c2c(F)c(Cl)c(F)c(F)c2nc2cc[nH]c(C(C)C)c23)C[C@@H]1C. The van der Waals surface area contributed by atoms with Crippen molar-refractivity contribution in [3.05, 3.63) is 80.1 Å². The van der Waals surface area contributed by atoms with Gasteiger partial charge in [-0.3, -0.25) is 14.0 Å². The number of nitrogens with zero attached hydrogens (tertiary/aromatic N) is 6. The van der Waals surface area contributed by atoms with Gasteiger partial charge in [-0.25, -0.2) is 23.1 Å². The number of nitriles is 1. The van der Waals surface area contributed by atoms with Crippen molar-refractivity contribution in [3.8, 4) is 6.07 Å². The molecule has 1 fully saturated rings. The number of hydrogen-bond acceptors (Lipinski definition) is 6. The zero-order chi connectivity index (χ0) is 33.4. The Morgan fingerprint density at radius 1 is 1.13 bits per heavy atom. The van der Waals surface area contributed by atoms with Gasteiger partial charge in [-0.1, -0.05) is 43.6 Å². The third-order valence-electron chi connectivity index (χ3n) is 8.34. The number of pyridine rings is 3. The molecule has 0 saturated carbocycles. The van der Waals surface area contributed by atoms with E-state index in [-0.39, 0.29) is 80.9 Å². The van der Waals surface area contributed by atoms with Crippen LogP contribution in [-0.2, 0) is 4.79 Å². The average molecular weight is 669 g/mol. The molecule has 0 spiro atoms. The number of benzene rings is 1. The Kier molecular flexibility index (Phi) is 7.73. The lowest BCUT2D eigenvalue weighted by atomic mass is 10.0. The Balaban J connectivity index is 1.89. The number of carbonyl (C=O) groups is 1. The zero-order valence-corrected chi connectivity index (χ0v) is 26.6. The summed E-state index contributed by atoms with van der Waals surface area (Å²) in [5.74, 6) is -5.04. The van der Waals surface area contributed by atoms with E-state index in [0.29, 0.717) is 5.69 Å². The second kappa shape index (κ2) is 11.3. The van der Waals surface area contributed by atoms with Crippen molar-refractivity contribution in [1.82, 2.24) is 24.3 Å². The van der Waals surface area contributed by atoms with Gasteiger partial charge in [-0.15, -0.1) is 0 Å². The largest absolute Gasteiger partial charge is 0.366 e. The number of rotatable bonds is 3. The zero-order valence-electron chi connectivity index (χ0n) is 25.1. The minimum Gasteiger partial charge on any atom is -0.366 e. The van der Waals surface area contributed by atoms with E-state index >= 15 is 8.78 Å². The highest BCUT2D eigenvalue weighted by Gasteiger charge is 2.35. The first-order valence-corrected chi connectivity index (χ1v) is 15.1. The molecule has 2 atom stereocenters. The monoisotopic (exact) mass is 667 g/mol. The van der Waals surface area contributed by atoms with Crippen LogP contribution in [0.2, 0.25) is 10.0 Å². The Bertz CT molecular complexity index is 2280. The van der Waals surface area contributed by atoms with Gasteiger partial charge in [-0.05, 0) is 38.0 Å². The van der Waals surface area contributed by atoms with E-state index in [0.717, 1.165) is 0 Å². The molecular formula is C32H26Cl2F3N7O2. The molecule has 1 aliphatic heterocycles. The molecule has 1 saturated heterocycles. The predicted molar refractivity (Wildman–Crippen MR) is 172 cm³/mol. The molecule has 236 valence electrons. The van der Waals surface area contributed by atoms with E-state index in [1.165, 1.54) is 28.8 Å². The molecule has 4 aromatic heterocycles. The van der Waals surface area contributed by atoms with Gasteiger partial charge in [0.25, 0.3) is 5.56 Å². The molecule has 9 nitrogen and oxygen atoms in total. The highest BCUT2D eigenvalue weighted by molar-refractivity contribution is 6.37. The van der Waals surface area contributed by atoms with Crippen LogP contribution in [0, 0.1) is 28.8 Å². The molecule has 5 heterocycles. The Labute approximate surface area is 270 Å². The molecule has 1 N–H and O–H groups in total. The molecule has 14 heteroatoms. The van der Waals surface area contributed by atoms with Crippen LogP contribution in [0.3, 0.4) is 0 Å². The fourth-order valence-electron chi connectivity index (χ4n) is 6.45. The fourth-order valence-corrected chi connectivity index (χ4v) is 6.87. The van der Waals surface area contributed by atoms with Crippen molar-refractivity contribution in [1.29, 1.82) is 5.26 Å².